The number of halogens is 3. The summed E-state index contributed by atoms with van der Waals surface area (Å²) >= 11 is 5.41. The van der Waals surface area contributed by atoms with Gasteiger partial charge in [0.2, 0.25) is 0 Å². The summed E-state index contributed by atoms with van der Waals surface area (Å²) in [6.07, 6.45) is 1.87. The van der Waals surface area contributed by atoms with Crippen LogP contribution in [0.3, 0.4) is 0 Å². The Balaban J connectivity index is 3.32. The van der Waals surface area contributed by atoms with E-state index in [1.807, 2.05) is 0 Å². The van der Waals surface area contributed by atoms with Gasteiger partial charge in [0.1, 0.15) is 0 Å². The Bertz CT molecular complexity index is 444. The Kier molecular flexibility index (Phi) is 4.01. The number of aldehydes is 1. The summed E-state index contributed by atoms with van der Waals surface area (Å²) in [4.78, 5) is 12.3. The standard InChI is InChI=1S/C11H10ClF2NO/c1-15(2)5-7(6-16)8-3-4-9(12)11(14)10(8)13/h3-6H,1-2H3. The maximum absolute atomic E-state index is 13.5. The van der Waals surface area contributed by atoms with E-state index in [0.29, 0.717) is 6.29 Å². The molecule has 0 heterocycles. The lowest BCUT2D eigenvalue weighted by Gasteiger charge is -2.09. The predicted molar refractivity (Wildman–Crippen MR) is 59.1 cm³/mol. The molecule has 0 aliphatic rings. The van der Waals surface area contributed by atoms with Crippen molar-refractivity contribution in [2.24, 2.45) is 0 Å². The minimum absolute atomic E-state index is 0.0538. The summed E-state index contributed by atoms with van der Waals surface area (Å²) in [5, 5.41) is -0.309. The van der Waals surface area contributed by atoms with Crippen molar-refractivity contribution in [3.05, 3.63) is 40.6 Å². The third kappa shape index (κ3) is 2.58. The van der Waals surface area contributed by atoms with Crippen LogP contribution in [0.25, 0.3) is 5.57 Å². The molecule has 16 heavy (non-hydrogen) atoms. The van der Waals surface area contributed by atoms with E-state index < -0.39 is 11.6 Å². The van der Waals surface area contributed by atoms with Gasteiger partial charge in [-0.3, -0.25) is 4.79 Å². The van der Waals surface area contributed by atoms with Gasteiger partial charge in [-0.05, 0) is 12.1 Å². The molecule has 0 aromatic heterocycles. The highest BCUT2D eigenvalue weighted by Gasteiger charge is 2.15. The van der Waals surface area contributed by atoms with Crippen molar-refractivity contribution in [1.82, 2.24) is 4.90 Å². The first-order valence-corrected chi connectivity index (χ1v) is 4.82. The van der Waals surface area contributed by atoms with Crippen LogP contribution in [0.1, 0.15) is 5.56 Å². The van der Waals surface area contributed by atoms with Crippen molar-refractivity contribution < 1.29 is 13.6 Å². The minimum atomic E-state index is -1.15. The van der Waals surface area contributed by atoms with Crippen molar-refractivity contribution in [3.8, 4) is 0 Å². The van der Waals surface area contributed by atoms with Gasteiger partial charge in [0.05, 0.1) is 5.02 Å². The molecular weight excluding hydrogens is 236 g/mol. The molecule has 0 spiro atoms. The zero-order valence-corrected chi connectivity index (χ0v) is 9.55. The Hall–Kier alpha value is -1.42. The molecule has 1 rings (SSSR count). The number of allylic oxidation sites excluding steroid dienone is 1. The molecule has 5 heteroatoms. The highest BCUT2D eigenvalue weighted by molar-refractivity contribution is 6.30. The monoisotopic (exact) mass is 245 g/mol. The van der Waals surface area contributed by atoms with Crippen molar-refractivity contribution in [2.75, 3.05) is 14.1 Å². The average Bonchev–Trinajstić information content (AvgIpc) is 2.23. The molecule has 0 unspecified atom stereocenters. The van der Waals surface area contributed by atoms with E-state index in [9.17, 15) is 13.6 Å². The topological polar surface area (TPSA) is 20.3 Å². The fourth-order valence-electron chi connectivity index (χ4n) is 1.19. The summed E-state index contributed by atoms with van der Waals surface area (Å²) in [6, 6.07) is 2.48. The van der Waals surface area contributed by atoms with Crippen LogP contribution >= 0.6 is 11.6 Å². The second-order valence-corrected chi connectivity index (χ2v) is 3.80. The predicted octanol–water partition coefficient (Wildman–Crippen LogP) is 2.72. The third-order valence-corrected chi connectivity index (χ3v) is 2.16. The van der Waals surface area contributed by atoms with Crippen molar-refractivity contribution in [1.29, 1.82) is 0 Å². The zero-order chi connectivity index (χ0) is 12.3. The molecule has 1 aromatic carbocycles. The van der Waals surface area contributed by atoms with E-state index >= 15 is 0 Å². The van der Waals surface area contributed by atoms with Gasteiger partial charge < -0.3 is 4.90 Å². The first-order valence-electron chi connectivity index (χ1n) is 4.44. The van der Waals surface area contributed by atoms with Gasteiger partial charge in [0, 0.05) is 31.4 Å². The molecule has 0 aliphatic carbocycles. The maximum Gasteiger partial charge on any atom is 0.178 e. The van der Waals surface area contributed by atoms with Crippen LogP contribution in [0.4, 0.5) is 8.78 Å². The van der Waals surface area contributed by atoms with Gasteiger partial charge in [0.25, 0.3) is 0 Å². The van der Waals surface area contributed by atoms with Crippen LogP contribution < -0.4 is 0 Å². The van der Waals surface area contributed by atoms with E-state index in [1.165, 1.54) is 18.3 Å². The SMILES string of the molecule is CN(C)C=C(C=O)c1ccc(Cl)c(F)c1F. The molecule has 0 aliphatic heterocycles. The van der Waals surface area contributed by atoms with Crippen LogP contribution in [0.5, 0.6) is 0 Å². The highest BCUT2D eigenvalue weighted by atomic mass is 35.5. The molecule has 0 saturated carbocycles. The summed E-state index contributed by atoms with van der Waals surface area (Å²) < 4.78 is 26.6. The van der Waals surface area contributed by atoms with Crippen LogP contribution in [0.2, 0.25) is 5.02 Å². The molecule has 0 saturated heterocycles. The number of hydrogen-bond donors (Lipinski definition) is 0. The molecule has 0 atom stereocenters. The number of rotatable bonds is 3. The molecule has 0 bridgehead atoms. The van der Waals surface area contributed by atoms with E-state index in [4.69, 9.17) is 11.6 Å². The molecule has 86 valence electrons. The van der Waals surface area contributed by atoms with Crippen LogP contribution in [0.15, 0.2) is 18.3 Å². The average molecular weight is 246 g/mol. The number of carbonyl (C=O) groups is 1. The lowest BCUT2D eigenvalue weighted by molar-refractivity contribution is -0.103. The van der Waals surface area contributed by atoms with E-state index in [0.717, 1.165) is 0 Å². The Morgan fingerprint density at radius 3 is 2.44 bits per heavy atom. The molecule has 0 fully saturated rings. The molecule has 2 nitrogen and oxygen atoms in total. The smallest absolute Gasteiger partial charge is 0.178 e. The zero-order valence-electron chi connectivity index (χ0n) is 8.80. The number of carbonyl (C=O) groups excluding carboxylic acids is 1. The van der Waals surface area contributed by atoms with Crippen molar-refractivity contribution in [2.45, 2.75) is 0 Å². The molecular formula is C11H10ClF2NO. The highest BCUT2D eigenvalue weighted by Crippen LogP contribution is 2.24. The van der Waals surface area contributed by atoms with Gasteiger partial charge in [0.15, 0.2) is 17.9 Å². The van der Waals surface area contributed by atoms with Gasteiger partial charge in [-0.1, -0.05) is 11.6 Å². The first-order chi connectivity index (χ1) is 7.47. The van der Waals surface area contributed by atoms with Crippen LogP contribution in [-0.4, -0.2) is 25.3 Å². The third-order valence-electron chi connectivity index (χ3n) is 1.87. The largest absolute Gasteiger partial charge is 0.383 e. The molecule has 0 radical (unpaired) electrons. The van der Waals surface area contributed by atoms with Crippen LogP contribution in [-0.2, 0) is 4.79 Å². The Morgan fingerprint density at radius 1 is 1.31 bits per heavy atom. The molecule has 0 amide bonds. The van der Waals surface area contributed by atoms with E-state index in [2.05, 4.69) is 0 Å². The summed E-state index contributed by atoms with van der Waals surface area (Å²) in [6.45, 7) is 0. The van der Waals surface area contributed by atoms with E-state index in [-0.39, 0.29) is 16.2 Å². The number of nitrogens with zero attached hydrogens (tertiary/aromatic N) is 1. The summed E-state index contributed by atoms with van der Waals surface area (Å²) in [5.74, 6) is -2.27. The second-order valence-electron chi connectivity index (χ2n) is 3.39. The Morgan fingerprint density at radius 2 is 1.94 bits per heavy atom. The fraction of sp³-hybridized carbons (Fsp3) is 0.182. The van der Waals surface area contributed by atoms with Gasteiger partial charge in [-0.25, -0.2) is 8.78 Å². The number of hydrogen-bond acceptors (Lipinski definition) is 2. The summed E-state index contributed by atoms with van der Waals surface area (Å²) in [7, 11) is 3.35. The second kappa shape index (κ2) is 5.07. The Labute approximate surface area is 97.1 Å². The molecule has 0 N–H and O–H groups in total. The van der Waals surface area contributed by atoms with Gasteiger partial charge in [-0.2, -0.15) is 0 Å². The fourth-order valence-corrected chi connectivity index (χ4v) is 1.34. The maximum atomic E-state index is 13.5. The first kappa shape index (κ1) is 12.6. The minimum Gasteiger partial charge on any atom is -0.383 e. The lowest BCUT2D eigenvalue weighted by Crippen LogP contribution is -2.05. The number of benzene rings is 1. The molecule has 1 aromatic rings. The van der Waals surface area contributed by atoms with Crippen molar-refractivity contribution in [3.63, 3.8) is 0 Å². The van der Waals surface area contributed by atoms with Gasteiger partial charge in [-0.15, -0.1) is 0 Å². The van der Waals surface area contributed by atoms with Crippen molar-refractivity contribution >= 4 is 23.5 Å². The lowest BCUT2D eigenvalue weighted by atomic mass is 10.1. The normalized spacial score (nSPS) is 11.4. The van der Waals surface area contributed by atoms with E-state index in [1.54, 1.807) is 19.0 Å². The van der Waals surface area contributed by atoms with Gasteiger partial charge >= 0.3 is 0 Å². The summed E-state index contributed by atoms with van der Waals surface area (Å²) in [5.41, 5.74) is -0.0522. The van der Waals surface area contributed by atoms with Crippen LogP contribution in [0, 0.1) is 11.6 Å². The quantitative estimate of drug-likeness (QED) is 0.464.